The van der Waals surface area contributed by atoms with E-state index >= 15 is 0 Å². The normalized spacial score (nSPS) is 8.32. The lowest BCUT2D eigenvalue weighted by molar-refractivity contribution is -0.475. The van der Waals surface area contributed by atoms with E-state index in [1.807, 2.05) is 0 Å². The molecule has 0 aromatic rings. The molecular formula is C9H24N4O12. The Morgan fingerprint density at radius 2 is 0.600 bits per heavy atom. The van der Waals surface area contributed by atoms with Gasteiger partial charge in [0.2, 0.25) is 26.2 Å². The third-order valence-corrected chi connectivity index (χ3v) is 1.03. The standard InChI is InChI=1S/4C2H5NO2.CH4O4/c4*1-2-3(4)5;2-1(3,4)5/h4*2H2,1H3;2-5H. The highest BCUT2D eigenvalue weighted by atomic mass is 16.8. The zero-order valence-corrected chi connectivity index (χ0v) is 14.2. The van der Waals surface area contributed by atoms with E-state index in [4.69, 9.17) is 20.4 Å². The number of hydrogen-bond donors (Lipinski definition) is 4. The quantitative estimate of drug-likeness (QED) is 0.252. The van der Waals surface area contributed by atoms with Gasteiger partial charge < -0.3 is 20.4 Å². The van der Waals surface area contributed by atoms with Crippen molar-refractivity contribution in [2.45, 2.75) is 33.9 Å². The maximum absolute atomic E-state index is 9.17. The van der Waals surface area contributed by atoms with E-state index < -0.39 is 6.16 Å². The smallest absolute Gasteiger partial charge is 0.319 e. The molecule has 25 heavy (non-hydrogen) atoms. The van der Waals surface area contributed by atoms with Gasteiger partial charge in [-0.1, -0.05) is 0 Å². The Morgan fingerprint density at radius 1 is 0.560 bits per heavy atom. The van der Waals surface area contributed by atoms with Crippen LogP contribution in [0.2, 0.25) is 0 Å². The summed E-state index contributed by atoms with van der Waals surface area (Å²) in [6.07, 6.45) is -3.50. The lowest BCUT2D eigenvalue weighted by Gasteiger charge is -1.99. The van der Waals surface area contributed by atoms with Crippen molar-refractivity contribution < 1.29 is 40.1 Å². The topological polar surface area (TPSA) is 253 Å². The Morgan fingerprint density at radius 3 is 0.600 bits per heavy atom. The van der Waals surface area contributed by atoms with Crippen LogP contribution in [0.3, 0.4) is 0 Å². The van der Waals surface area contributed by atoms with Crippen molar-refractivity contribution in [1.29, 1.82) is 0 Å². The van der Waals surface area contributed by atoms with Gasteiger partial charge in [-0.15, -0.1) is 0 Å². The molecule has 0 aromatic carbocycles. The highest BCUT2D eigenvalue weighted by Gasteiger charge is 2.07. The molecule has 0 bridgehead atoms. The molecule has 0 saturated heterocycles. The molecule has 0 amide bonds. The first-order valence-corrected chi connectivity index (χ1v) is 6.45. The molecule has 0 heterocycles. The Hall–Kier alpha value is -2.56. The van der Waals surface area contributed by atoms with Crippen LogP contribution in [0.5, 0.6) is 0 Å². The third kappa shape index (κ3) is 274. The minimum Gasteiger partial charge on any atom is -0.319 e. The largest absolute Gasteiger partial charge is 0.402 e. The molecule has 0 rings (SSSR count). The van der Waals surface area contributed by atoms with Gasteiger partial charge in [-0.2, -0.15) is 0 Å². The number of aliphatic hydroxyl groups is 4. The summed E-state index contributed by atoms with van der Waals surface area (Å²) < 4.78 is 0. The molecule has 0 aliphatic carbocycles. The average molecular weight is 380 g/mol. The first-order chi connectivity index (χ1) is 11.1. The zero-order valence-electron chi connectivity index (χ0n) is 14.2. The summed E-state index contributed by atoms with van der Waals surface area (Å²) in [6, 6.07) is 0. The fourth-order valence-electron chi connectivity index (χ4n) is 0. The molecule has 16 nitrogen and oxygen atoms in total. The van der Waals surface area contributed by atoms with E-state index in [1.165, 1.54) is 27.7 Å². The van der Waals surface area contributed by atoms with Crippen LogP contribution in [-0.2, 0) is 0 Å². The van der Waals surface area contributed by atoms with E-state index in [1.54, 1.807) is 0 Å². The Balaban J connectivity index is -0.0000000667. The third-order valence-electron chi connectivity index (χ3n) is 1.03. The lowest BCUT2D eigenvalue weighted by Crippen LogP contribution is -2.25. The van der Waals surface area contributed by atoms with Crippen LogP contribution in [0, 0.1) is 40.5 Å². The first-order valence-electron chi connectivity index (χ1n) is 6.45. The van der Waals surface area contributed by atoms with Gasteiger partial charge in [0, 0.05) is 47.4 Å². The molecular weight excluding hydrogens is 356 g/mol. The van der Waals surface area contributed by atoms with E-state index in [2.05, 4.69) is 0 Å². The van der Waals surface area contributed by atoms with E-state index in [0.29, 0.717) is 0 Å². The molecule has 16 heteroatoms. The summed E-state index contributed by atoms with van der Waals surface area (Å²) in [7, 11) is 0. The van der Waals surface area contributed by atoms with E-state index in [9.17, 15) is 40.5 Å². The summed E-state index contributed by atoms with van der Waals surface area (Å²) in [5.41, 5.74) is 0. The highest BCUT2D eigenvalue weighted by Crippen LogP contribution is 1.76. The number of rotatable bonds is 4. The molecule has 0 aromatic heterocycles. The lowest BCUT2D eigenvalue weighted by atomic mass is 10.8. The maximum atomic E-state index is 9.17. The van der Waals surface area contributed by atoms with Gasteiger partial charge in [-0.25, -0.2) is 0 Å². The predicted octanol–water partition coefficient (Wildman–Crippen LogP) is -1.30. The van der Waals surface area contributed by atoms with Crippen LogP contribution < -0.4 is 0 Å². The Bertz CT molecular complexity index is 295. The van der Waals surface area contributed by atoms with E-state index in [-0.39, 0.29) is 45.9 Å². The van der Waals surface area contributed by atoms with Crippen molar-refractivity contribution in [3.8, 4) is 0 Å². The van der Waals surface area contributed by atoms with Crippen LogP contribution in [-0.4, -0.2) is 72.5 Å². The van der Waals surface area contributed by atoms with E-state index in [0.717, 1.165) is 0 Å². The van der Waals surface area contributed by atoms with Crippen molar-refractivity contribution in [2.75, 3.05) is 26.2 Å². The predicted molar refractivity (Wildman–Crippen MR) is 81.7 cm³/mol. The van der Waals surface area contributed by atoms with Crippen LogP contribution >= 0.6 is 0 Å². The average Bonchev–Trinajstić information content (AvgIpc) is 2.47. The second kappa shape index (κ2) is 23.7. The van der Waals surface area contributed by atoms with Crippen molar-refractivity contribution in [3.63, 3.8) is 0 Å². The molecule has 0 aliphatic rings. The molecule has 152 valence electrons. The zero-order chi connectivity index (χ0) is 21.6. The molecule has 0 radical (unpaired) electrons. The van der Waals surface area contributed by atoms with Gasteiger partial charge in [0.25, 0.3) is 0 Å². The number of nitro groups is 4. The Labute approximate surface area is 141 Å². The molecule has 0 unspecified atom stereocenters. The molecule has 4 N–H and O–H groups in total. The number of hydrogen-bond acceptors (Lipinski definition) is 12. The van der Waals surface area contributed by atoms with Gasteiger partial charge in [0.15, 0.2) is 0 Å². The summed E-state index contributed by atoms with van der Waals surface area (Å²) >= 11 is 0. The SMILES string of the molecule is CC[N+](=O)[O-].CC[N+](=O)[O-].CC[N+](=O)[O-].CC[N+](=O)[O-].OC(O)(O)O. The van der Waals surface area contributed by atoms with Gasteiger partial charge in [0.1, 0.15) is 0 Å². The van der Waals surface area contributed by atoms with Crippen molar-refractivity contribution in [3.05, 3.63) is 40.5 Å². The highest BCUT2D eigenvalue weighted by molar-refractivity contribution is 4.06. The summed E-state index contributed by atoms with van der Waals surface area (Å²) in [4.78, 5) is 35.2. The molecule has 0 aliphatic heterocycles. The summed E-state index contributed by atoms with van der Waals surface area (Å²) in [5.74, 6) is 0. The van der Waals surface area contributed by atoms with Gasteiger partial charge in [0.05, 0.1) is 0 Å². The minimum atomic E-state index is -3.50. The van der Waals surface area contributed by atoms with Crippen molar-refractivity contribution >= 4 is 0 Å². The van der Waals surface area contributed by atoms with Gasteiger partial charge in [-0.3, -0.25) is 40.5 Å². The van der Waals surface area contributed by atoms with Crippen LogP contribution in [0.1, 0.15) is 27.7 Å². The first kappa shape index (κ1) is 33.9. The monoisotopic (exact) mass is 380 g/mol. The summed E-state index contributed by atoms with van der Waals surface area (Å²) in [5, 5.41) is 65.4. The van der Waals surface area contributed by atoms with Crippen LogP contribution in [0.25, 0.3) is 0 Å². The van der Waals surface area contributed by atoms with Crippen LogP contribution in [0.15, 0.2) is 0 Å². The summed E-state index contributed by atoms with van der Waals surface area (Å²) in [6.45, 7) is 6.11. The van der Waals surface area contributed by atoms with Crippen molar-refractivity contribution in [2.24, 2.45) is 0 Å². The molecule has 0 atom stereocenters. The fourth-order valence-corrected chi connectivity index (χ4v) is 0. The molecule has 0 spiro atoms. The molecule has 0 fully saturated rings. The maximum Gasteiger partial charge on any atom is 0.402 e. The van der Waals surface area contributed by atoms with Gasteiger partial charge >= 0.3 is 6.16 Å². The van der Waals surface area contributed by atoms with Gasteiger partial charge in [-0.05, 0) is 0 Å². The number of nitrogens with zero attached hydrogens (tertiary/aromatic N) is 4. The minimum absolute atomic E-state index is 0.0278. The van der Waals surface area contributed by atoms with Crippen molar-refractivity contribution in [1.82, 2.24) is 0 Å². The second-order valence-electron chi connectivity index (χ2n) is 3.20. The second-order valence-corrected chi connectivity index (χ2v) is 3.20. The molecule has 0 saturated carbocycles. The fraction of sp³-hybridized carbons (Fsp3) is 1.00. The Kier molecular flexibility index (Phi) is 32.2. The van der Waals surface area contributed by atoms with Crippen LogP contribution in [0.4, 0.5) is 0 Å².